The van der Waals surface area contributed by atoms with Crippen molar-refractivity contribution in [2.75, 3.05) is 5.32 Å². The zero-order chi connectivity index (χ0) is 22.3. The Morgan fingerprint density at radius 2 is 2.00 bits per heavy atom. The molecule has 0 saturated carbocycles. The van der Waals surface area contributed by atoms with E-state index in [9.17, 15) is 4.79 Å². The first kappa shape index (κ1) is 20.8. The molecular weight excluding hydrogens is 410 g/mol. The predicted octanol–water partition coefficient (Wildman–Crippen LogP) is 6.16. The van der Waals surface area contributed by atoms with Crippen molar-refractivity contribution < 1.29 is 4.42 Å². The molecule has 1 aromatic carbocycles. The summed E-state index contributed by atoms with van der Waals surface area (Å²) in [6.07, 6.45) is 6.88. The Morgan fingerprint density at radius 1 is 1.23 bits per heavy atom. The maximum absolute atomic E-state index is 13.2. The smallest absolute Gasteiger partial charge is 0.196 e. The molecule has 2 N–H and O–H groups in total. The van der Waals surface area contributed by atoms with Crippen LogP contribution in [0.2, 0.25) is 5.15 Å². The van der Waals surface area contributed by atoms with E-state index in [1.165, 1.54) is 0 Å². The first-order valence-electron chi connectivity index (χ1n) is 9.88. The summed E-state index contributed by atoms with van der Waals surface area (Å²) in [4.78, 5) is 17.3. The van der Waals surface area contributed by atoms with E-state index in [0.29, 0.717) is 38.7 Å². The number of aryl methyl sites for hydroxylation is 1. The van der Waals surface area contributed by atoms with Crippen LogP contribution in [-0.4, -0.2) is 10.7 Å². The third-order valence-electron chi connectivity index (χ3n) is 5.34. The number of hydrogen-bond donors (Lipinski definition) is 2. The fourth-order valence-electron chi connectivity index (χ4n) is 3.69. The number of benzene rings is 1. The van der Waals surface area contributed by atoms with Crippen molar-refractivity contribution in [3.63, 3.8) is 0 Å². The third-order valence-corrected chi connectivity index (χ3v) is 5.56. The minimum absolute atomic E-state index is 0.0675. The summed E-state index contributed by atoms with van der Waals surface area (Å²) in [5.74, 6) is 0.493. The number of halogens is 1. The molecule has 5 nitrogen and oxygen atoms in total. The Labute approximate surface area is 185 Å². The van der Waals surface area contributed by atoms with Gasteiger partial charge < -0.3 is 15.1 Å². The molecular formula is C25H22ClN3O2. The standard InChI is InChI=1S/C25H22ClN3O2/c1-13-9-19(16(4)29-18-6-8-22(26)28-12-18)25-20(10-13)23(30)15(3)24(31-25)17-5-7-21(27)14(2)11-17/h5-12,16,27,29H,2H2,1,3-4H3. The van der Waals surface area contributed by atoms with Crippen LogP contribution in [0.5, 0.6) is 0 Å². The van der Waals surface area contributed by atoms with Gasteiger partial charge in [0.15, 0.2) is 5.43 Å². The molecule has 0 fully saturated rings. The Hall–Kier alpha value is -3.44. The summed E-state index contributed by atoms with van der Waals surface area (Å²) < 4.78 is 6.35. The molecule has 1 aliphatic rings. The molecule has 4 rings (SSSR count). The number of nitrogens with zero attached hydrogens (tertiary/aromatic N) is 1. The van der Waals surface area contributed by atoms with E-state index in [0.717, 1.165) is 22.4 Å². The fraction of sp³-hybridized carbons (Fsp3) is 0.160. The van der Waals surface area contributed by atoms with Crippen LogP contribution in [0.3, 0.4) is 0 Å². The fourth-order valence-corrected chi connectivity index (χ4v) is 3.80. The van der Waals surface area contributed by atoms with Gasteiger partial charge in [-0.15, -0.1) is 0 Å². The lowest BCUT2D eigenvalue weighted by molar-refractivity contribution is 0.575. The average molecular weight is 432 g/mol. The van der Waals surface area contributed by atoms with Crippen molar-refractivity contribution >= 4 is 39.5 Å². The number of nitrogens with one attached hydrogen (secondary N) is 2. The van der Waals surface area contributed by atoms with Crippen molar-refractivity contribution in [1.29, 1.82) is 5.41 Å². The largest absolute Gasteiger partial charge is 0.455 e. The van der Waals surface area contributed by atoms with Gasteiger partial charge in [0.2, 0.25) is 0 Å². The van der Waals surface area contributed by atoms with E-state index >= 15 is 0 Å². The molecule has 0 amide bonds. The second-order valence-electron chi connectivity index (χ2n) is 7.72. The van der Waals surface area contributed by atoms with Gasteiger partial charge in [-0.25, -0.2) is 4.98 Å². The second kappa shape index (κ2) is 8.00. The zero-order valence-corrected chi connectivity index (χ0v) is 18.3. The molecule has 31 heavy (non-hydrogen) atoms. The highest BCUT2D eigenvalue weighted by molar-refractivity contribution is 6.29. The average Bonchev–Trinajstić information content (AvgIpc) is 2.74. The number of pyridine rings is 1. The SMILES string of the molecule is C=C1C=C(c2oc3c(C(C)Nc4ccc(Cl)nc4)cc(C)cc3c(=O)c2C)C=CC1=N. The lowest BCUT2D eigenvalue weighted by atomic mass is 9.95. The van der Waals surface area contributed by atoms with Crippen LogP contribution in [-0.2, 0) is 0 Å². The van der Waals surface area contributed by atoms with Crippen LogP contribution in [0.15, 0.2) is 70.1 Å². The number of anilines is 1. The van der Waals surface area contributed by atoms with Gasteiger partial charge in [-0.05, 0) is 68.3 Å². The monoisotopic (exact) mass is 431 g/mol. The Kier molecular flexibility index (Phi) is 5.38. The van der Waals surface area contributed by atoms with Crippen LogP contribution >= 0.6 is 11.6 Å². The summed E-state index contributed by atoms with van der Waals surface area (Å²) in [5, 5.41) is 12.2. The lowest BCUT2D eigenvalue weighted by Gasteiger charge is -2.19. The zero-order valence-electron chi connectivity index (χ0n) is 17.5. The molecule has 0 aliphatic heterocycles. The van der Waals surface area contributed by atoms with E-state index in [4.69, 9.17) is 21.4 Å². The number of rotatable bonds is 4. The van der Waals surface area contributed by atoms with E-state index < -0.39 is 0 Å². The number of hydrogen-bond acceptors (Lipinski definition) is 5. The number of fused-ring (bicyclic) bond motifs is 1. The molecule has 2 aromatic heterocycles. The molecule has 156 valence electrons. The normalized spacial score (nSPS) is 14.6. The van der Waals surface area contributed by atoms with E-state index in [-0.39, 0.29) is 11.5 Å². The van der Waals surface area contributed by atoms with Crippen molar-refractivity contribution in [2.24, 2.45) is 0 Å². The van der Waals surface area contributed by atoms with Gasteiger partial charge in [0.05, 0.1) is 29.0 Å². The summed E-state index contributed by atoms with van der Waals surface area (Å²) in [5.41, 5.74) is 5.31. The summed E-state index contributed by atoms with van der Waals surface area (Å²) in [7, 11) is 0. The van der Waals surface area contributed by atoms with Crippen LogP contribution in [0, 0.1) is 19.3 Å². The van der Waals surface area contributed by atoms with Crippen LogP contribution < -0.4 is 10.7 Å². The summed E-state index contributed by atoms with van der Waals surface area (Å²) in [6, 6.07) is 7.30. The van der Waals surface area contributed by atoms with Gasteiger partial charge in [-0.2, -0.15) is 0 Å². The summed E-state index contributed by atoms with van der Waals surface area (Å²) in [6.45, 7) is 9.63. The molecule has 0 spiro atoms. The molecule has 6 heteroatoms. The molecule has 1 atom stereocenters. The van der Waals surface area contributed by atoms with Gasteiger partial charge in [-0.1, -0.05) is 24.2 Å². The van der Waals surface area contributed by atoms with Crippen LogP contribution in [0.1, 0.15) is 35.4 Å². The highest BCUT2D eigenvalue weighted by Crippen LogP contribution is 2.32. The molecule has 0 bridgehead atoms. The van der Waals surface area contributed by atoms with E-state index in [1.54, 1.807) is 37.4 Å². The first-order valence-corrected chi connectivity index (χ1v) is 10.3. The van der Waals surface area contributed by atoms with Crippen LogP contribution in [0.25, 0.3) is 16.5 Å². The molecule has 2 heterocycles. The maximum atomic E-state index is 13.2. The van der Waals surface area contributed by atoms with Crippen molar-refractivity contribution in [1.82, 2.24) is 4.98 Å². The van der Waals surface area contributed by atoms with E-state index in [2.05, 4.69) is 16.9 Å². The summed E-state index contributed by atoms with van der Waals surface area (Å²) >= 11 is 5.89. The first-order chi connectivity index (χ1) is 14.7. The van der Waals surface area contributed by atoms with Crippen molar-refractivity contribution in [3.8, 4) is 0 Å². The maximum Gasteiger partial charge on any atom is 0.196 e. The molecule has 3 aromatic rings. The van der Waals surface area contributed by atoms with Gasteiger partial charge in [0.1, 0.15) is 16.5 Å². The highest BCUT2D eigenvalue weighted by Gasteiger charge is 2.20. The molecule has 1 unspecified atom stereocenters. The minimum Gasteiger partial charge on any atom is -0.455 e. The predicted molar refractivity (Wildman–Crippen MR) is 127 cm³/mol. The highest BCUT2D eigenvalue weighted by atomic mass is 35.5. The number of allylic oxidation sites excluding steroid dienone is 5. The van der Waals surface area contributed by atoms with Gasteiger partial charge >= 0.3 is 0 Å². The quantitative estimate of drug-likeness (QED) is 0.485. The molecule has 0 radical (unpaired) electrons. The molecule has 0 saturated heterocycles. The molecule has 1 aliphatic carbocycles. The Morgan fingerprint density at radius 3 is 2.68 bits per heavy atom. The van der Waals surface area contributed by atoms with Gasteiger partial charge in [-0.3, -0.25) is 4.79 Å². The number of aromatic nitrogens is 1. The Balaban J connectivity index is 1.87. The van der Waals surface area contributed by atoms with Crippen LogP contribution in [0.4, 0.5) is 5.69 Å². The van der Waals surface area contributed by atoms with Gasteiger partial charge in [0, 0.05) is 16.7 Å². The minimum atomic E-state index is -0.150. The topological polar surface area (TPSA) is 79.0 Å². The second-order valence-corrected chi connectivity index (χ2v) is 8.11. The van der Waals surface area contributed by atoms with Gasteiger partial charge in [0.25, 0.3) is 0 Å². The Bertz CT molecular complexity index is 1350. The van der Waals surface area contributed by atoms with Crippen molar-refractivity contribution in [2.45, 2.75) is 26.8 Å². The lowest BCUT2D eigenvalue weighted by Crippen LogP contribution is -2.13. The van der Waals surface area contributed by atoms with E-state index in [1.807, 2.05) is 32.0 Å². The van der Waals surface area contributed by atoms with Crippen molar-refractivity contribution in [3.05, 3.63) is 98.7 Å². The third kappa shape index (κ3) is 3.97.